The molecule has 1 N–H and O–H groups in total. The molecular formula is C22H24O6S. The number of hydrogen-bond donors (Lipinski definition) is 1. The van der Waals surface area contributed by atoms with Crippen molar-refractivity contribution < 1.29 is 29.0 Å². The van der Waals surface area contributed by atoms with Crippen molar-refractivity contribution in [3.8, 4) is 0 Å². The summed E-state index contributed by atoms with van der Waals surface area (Å²) in [6, 6.07) is 3.88. The topological polar surface area (TPSA) is 89.9 Å². The van der Waals surface area contributed by atoms with Gasteiger partial charge in [-0.15, -0.1) is 11.3 Å². The van der Waals surface area contributed by atoms with E-state index < -0.39 is 23.6 Å². The van der Waals surface area contributed by atoms with E-state index >= 15 is 0 Å². The molecule has 29 heavy (non-hydrogen) atoms. The summed E-state index contributed by atoms with van der Waals surface area (Å²) in [6.07, 6.45) is 3.86. The molecule has 2 atom stereocenters. The number of aliphatic hydroxyl groups excluding tert-OH is 1. The number of aliphatic hydroxyl groups is 1. The highest BCUT2D eigenvalue weighted by Crippen LogP contribution is 2.55. The Labute approximate surface area is 173 Å². The van der Waals surface area contributed by atoms with Gasteiger partial charge in [-0.3, -0.25) is 4.79 Å². The van der Waals surface area contributed by atoms with Crippen LogP contribution in [0.3, 0.4) is 0 Å². The number of ether oxygens (including phenoxy) is 2. The van der Waals surface area contributed by atoms with E-state index in [0.717, 1.165) is 22.6 Å². The molecule has 3 aliphatic rings. The minimum Gasteiger partial charge on any atom is -0.504 e. The van der Waals surface area contributed by atoms with Crippen molar-refractivity contribution in [2.75, 3.05) is 6.61 Å². The Morgan fingerprint density at radius 2 is 2.00 bits per heavy atom. The van der Waals surface area contributed by atoms with Crippen molar-refractivity contribution >= 4 is 29.1 Å². The molecule has 1 aromatic rings. The van der Waals surface area contributed by atoms with Crippen molar-refractivity contribution in [3.05, 3.63) is 44.9 Å². The molecule has 0 radical (unpaired) electrons. The summed E-state index contributed by atoms with van der Waals surface area (Å²) in [5, 5.41) is 10.6. The first kappa shape index (κ1) is 19.9. The van der Waals surface area contributed by atoms with E-state index in [1.807, 2.05) is 26.0 Å². The third kappa shape index (κ3) is 3.75. The fraction of sp³-hybridized carbons (Fsp3) is 0.500. The first-order valence-corrected chi connectivity index (χ1v) is 10.8. The van der Waals surface area contributed by atoms with Crippen molar-refractivity contribution in [2.24, 2.45) is 5.41 Å². The summed E-state index contributed by atoms with van der Waals surface area (Å²) in [4.78, 5) is 39.4. The van der Waals surface area contributed by atoms with Crippen molar-refractivity contribution in [1.82, 2.24) is 0 Å². The van der Waals surface area contributed by atoms with Crippen LogP contribution in [-0.2, 0) is 23.9 Å². The fourth-order valence-electron chi connectivity index (χ4n) is 4.22. The van der Waals surface area contributed by atoms with Crippen LogP contribution in [0.1, 0.15) is 54.7 Å². The lowest BCUT2D eigenvalue weighted by molar-refractivity contribution is -0.156. The van der Waals surface area contributed by atoms with E-state index in [9.17, 15) is 19.5 Å². The van der Waals surface area contributed by atoms with Crippen LogP contribution < -0.4 is 0 Å². The van der Waals surface area contributed by atoms with E-state index in [2.05, 4.69) is 0 Å². The first-order valence-electron chi connectivity index (χ1n) is 9.94. The Bertz CT molecular complexity index is 933. The number of aryl methyl sites for hydroxylation is 1. The standard InChI is InChI=1S/C22H24O6S/c1-3-14(16-5-4-12(2)29-16)17-19(24)18(23)15(28-21(17)26)11-22(7-8-22)10-13-6-9-27-20(13)25/h4-6,14-15,24H,3,7-11H2,1-2H3. The van der Waals surface area contributed by atoms with Gasteiger partial charge in [0, 0.05) is 21.2 Å². The van der Waals surface area contributed by atoms with Crippen LogP contribution >= 0.6 is 11.3 Å². The zero-order valence-electron chi connectivity index (χ0n) is 16.5. The van der Waals surface area contributed by atoms with Gasteiger partial charge in [0.1, 0.15) is 6.61 Å². The SMILES string of the molecule is CCC(C1=C(O)C(=O)C(CC2(CC3=CCOC3=O)CC2)OC1=O)c1ccc(C)s1. The summed E-state index contributed by atoms with van der Waals surface area (Å²) < 4.78 is 10.5. The van der Waals surface area contributed by atoms with Gasteiger partial charge in [0.05, 0.1) is 5.57 Å². The Morgan fingerprint density at radius 3 is 2.55 bits per heavy atom. The number of cyclic esters (lactones) is 2. The number of ketones is 1. The molecule has 2 unspecified atom stereocenters. The van der Waals surface area contributed by atoms with E-state index in [0.29, 0.717) is 24.8 Å². The molecule has 2 aliphatic heterocycles. The summed E-state index contributed by atoms with van der Waals surface area (Å²) in [6.45, 7) is 4.17. The van der Waals surface area contributed by atoms with E-state index in [1.54, 1.807) is 17.4 Å². The van der Waals surface area contributed by atoms with Gasteiger partial charge in [-0.05, 0) is 62.7 Å². The summed E-state index contributed by atoms with van der Waals surface area (Å²) in [7, 11) is 0. The molecule has 7 heteroatoms. The number of Topliss-reactive ketones (excluding diaryl/α,β-unsaturated/α-hetero) is 1. The lowest BCUT2D eigenvalue weighted by atomic mass is 9.85. The van der Waals surface area contributed by atoms with Gasteiger partial charge in [0.2, 0.25) is 5.78 Å². The van der Waals surface area contributed by atoms with Gasteiger partial charge in [-0.25, -0.2) is 9.59 Å². The molecule has 1 saturated carbocycles. The summed E-state index contributed by atoms with van der Waals surface area (Å²) in [5.74, 6) is -2.31. The van der Waals surface area contributed by atoms with Gasteiger partial charge < -0.3 is 14.6 Å². The second kappa shape index (κ2) is 7.44. The third-order valence-electron chi connectivity index (χ3n) is 6.06. The van der Waals surface area contributed by atoms with Crippen molar-refractivity contribution in [2.45, 2.75) is 58.0 Å². The van der Waals surface area contributed by atoms with Crippen LogP contribution in [0, 0.1) is 12.3 Å². The highest BCUT2D eigenvalue weighted by atomic mass is 32.1. The number of carbonyl (C=O) groups is 3. The van der Waals surface area contributed by atoms with E-state index in [-0.39, 0.29) is 29.5 Å². The lowest BCUT2D eigenvalue weighted by Crippen LogP contribution is -2.38. The zero-order valence-corrected chi connectivity index (χ0v) is 17.3. The molecule has 3 heterocycles. The highest BCUT2D eigenvalue weighted by Gasteiger charge is 2.50. The van der Waals surface area contributed by atoms with Crippen LogP contribution in [0.15, 0.2) is 35.1 Å². The monoisotopic (exact) mass is 416 g/mol. The second-order valence-electron chi connectivity index (χ2n) is 8.14. The van der Waals surface area contributed by atoms with Crippen molar-refractivity contribution in [1.29, 1.82) is 0 Å². The highest BCUT2D eigenvalue weighted by molar-refractivity contribution is 7.12. The molecule has 0 bridgehead atoms. The van der Waals surface area contributed by atoms with E-state index in [1.165, 1.54) is 0 Å². The molecule has 0 spiro atoms. The molecule has 154 valence electrons. The molecule has 1 aromatic heterocycles. The smallest absolute Gasteiger partial charge is 0.339 e. The van der Waals surface area contributed by atoms with Gasteiger partial charge in [0.15, 0.2) is 11.9 Å². The van der Waals surface area contributed by atoms with Crippen LogP contribution in [0.2, 0.25) is 0 Å². The number of rotatable bonds is 7. The Balaban J connectivity index is 1.53. The number of esters is 2. The minimum atomic E-state index is -1.01. The Hall–Kier alpha value is -2.41. The number of thiophene rings is 1. The quantitative estimate of drug-likeness (QED) is 0.678. The molecule has 1 fully saturated rings. The molecule has 0 saturated heterocycles. The summed E-state index contributed by atoms with van der Waals surface area (Å²) in [5.41, 5.74) is 0.432. The fourth-order valence-corrected chi connectivity index (χ4v) is 5.29. The normalized spacial score (nSPS) is 24.3. The number of hydrogen-bond acceptors (Lipinski definition) is 7. The molecule has 0 aromatic carbocycles. The van der Waals surface area contributed by atoms with Gasteiger partial charge >= 0.3 is 11.9 Å². The molecule has 6 nitrogen and oxygen atoms in total. The summed E-state index contributed by atoms with van der Waals surface area (Å²) >= 11 is 1.54. The minimum absolute atomic E-state index is 0.0579. The van der Waals surface area contributed by atoms with E-state index in [4.69, 9.17) is 9.47 Å². The molecular weight excluding hydrogens is 392 g/mol. The third-order valence-corrected chi connectivity index (χ3v) is 7.17. The molecule has 1 aliphatic carbocycles. The average molecular weight is 416 g/mol. The van der Waals surface area contributed by atoms with Crippen LogP contribution in [0.5, 0.6) is 0 Å². The predicted octanol–water partition coefficient (Wildman–Crippen LogP) is 3.90. The Morgan fingerprint density at radius 1 is 1.24 bits per heavy atom. The number of carbonyl (C=O) groups excluding carboxylic acids is 3. The van der Waals surface area contributed by atoms with Crippen LogP contribution in [-0.4, -0.2) is 35.5 Å². The van der Waals surface area contributed by atoms with Gasteiger partial charge in [0.25, 0.3) is 0 Å². The first-order chi connectivity index (χ1) is 13.8. The average Bonchev–Trinajstić information content (AvgIpc) is 3.10. The Kier molecular flexibility index (Phi) is 5.11. The van der Waals surface area contributed by atoms with Crippen molar-refractivity contribution in [3.63, 3.8) is 0 Å². The predicted molar refractivity (Wildman–Crippen MR) is 107 cm³/mol. The zero-order chi connectivity index (χ0) is 20.8. The maximum Gasteiger partial charge on any atom is 0.339 e. The van der Waals surface area contributed by atoms with Gasteiger partial charge in [-0.1, -0.05) is 6.92 Å². The van der Waals surface area contributed by atoms with Crippen LogP contribution in [0.4, 0.5) is 0 Å². The lowest BCUT2D eigenvalue weighted by Gasteiger charge is -2.29. The maximum absolute atomic E-state index is 12.9. The maximum atomic E-state index is 12.9. The second-order valence-corrected chi connectivity index (χ2v) is 9.46. The molecule has 4 rings (SSSR count). The molecule has 0 amide bonds. The van der Waals surface area contributed by atoms with Crippen LogP contribution in [0.25, 0.3) is 0 Å². The largest absolute Gasteiger partial charge is 0.504 e. The van der Waals surface area contributed by atoms with Gasteiger partial charge in [-0.2, -0.15) is 0 Å².